The number of rotatable bonds is 9. The molecular formula is C24H26N2O8. The molecule has 0 heterocycles. The molecule has 0 spiro atoms. The predicted octanol–water partition coefficient (Wildman–Crippen LogP) is 1.41. The van der Waals surface area contributed by atoms with Crippen molar-refractivity contribution in [3.8, 4) is 11.1 Å². The van der Waals surface area contributed by atoms with Crippen LogP contribution in [0.15, 0.2) is 48.5 Å². The van der Waals surface area contributed by atoms with E-state index in [0.717, 1.165) is 29.2 Å². The monoisotopic (exact) mass is 470 g/mol. The van der Waals surface area contributed by atoms with E-state index >= 15 is 0 Å². The molecule has 1 aliphatic rings. The van der Waals surface area contributed by atoms with Crippen molar-refractivity contribution in [2.24, 2.45) is 0 Å². The van der Waals surface area contributed by atoms with Crippen LogP contribution in [0.25, 0.3) is 11.1 Å². The molecule has 0 aromatic heterocycles. The molecule has 34 heavy (non-hydrogen) atoms. The summed E-state index contributed by atoms with van der Waals surface area (Å²) >= 11 is 0. The number of carboxylic acid groups (broad SMARTS) is 1. The number of nitrogens with one attached hydrogen (secondary N) is 2. The van der Waals surface area contributed by atoms with Gasteiger partial charge >= 0.3 is 18.0 Å². The largest absolute Gasteiger partial charge is 0.480 e. The highest BCUT2D eigenvalue weighted by Gasteiger charge is 2.35. The number of fused-ring (bicyclic) bond motifs is 3. The van der Waals surface area contributed by atoms with E-state index < -0.39 is 42.1 Å². The number of benzene rings is 2. The van der Waals surface area contributed by atoms with Crippen molar-refractivity contribution >= 4 is 23.9 Å². The van der Waals surface area contributed by atoms with E-state index in [0.29, 0.717) is 0 Å². The summed E-state index contributed by atoms with van der Waals surface area (Å²) in [6.45, 7) is 2.55. The lowest BCUT2D eigenvalue weighted by Gasteiger charge is -2.22. The van der Waals surface area contributed by atoms with Crippen molar-refractivity contribution in [3.63, 3.8) is 0 Å². The maximum absolute atomic E-state index is 12.5. The van der Waals surface area contributed by atoms with E-state index in [4.69, 9.17) is 14.6 Å². The standard InChI is InChI=1S/C24H26N2O8/c1-3-33-23(31)20(21(28)25-19(13(2)27)22(29)30)26-24(32)34-12-18-16-10-6-4-8-14(16)15-9-5-7-11-17(15)18/h4-11,13,18-20,27H,3,12H2,1-2H3,(H,25,28)(H,26,32)(H,29,30)/t13-,19+,20?/m1/s1. The second-order valence-electron chi connectivity index (χ2n) is 7.72. The van der Waals surface area contributed by atoms with Crippen LogP contribution in [0, 0.1) is 0 Å². The number of ether oxygens (including phenoxy) is 2. The number of aliphatic hydroxyl groups is 1. The van der Waals surface area contributed by atoms with Crippen LogP contribution < -0.4 is 10.6 Å². The van der Waals surface area contributed by atoms with Crippen LogP contribution in [-0.4, -0.2) is 65.6 Å². The Morgan fingerprint density at radius 1 is 0.941 bits per heavy atom. The van der Waals surface area contributed by atoms with Gasteiger partial charge in [-0.05, 0) is 36.1 Å². The van der Waals surface area contributed by atoms with Gasteiger partial charge in [0, 0.05) is 5.92 Å². The molecule has 0 aliphatic heterocycles. The van der Waals surface area contributed by atoms with E-state index in [9.17, 15) is 24.3 Å². The zero-order valence-electron chi connectivity index (χ0n) is 18.7. The van der Waals surface area contributed by atoms with Gasteiger partial charge in [-0.1, -0.05) is 48.5 Å². The van der Waals surface area contributed by atoms with Gasteiger partial charge in [0.25, 0.3) is 5.91 Å². The zero-order chi connectivity index (χ0) is 24.8. The number of hydrogen-bond acceptors (Lipinski definition) is 7. The zero-order valence-corrected chi connectivity index (χ0v) is 18.7. The van der Waals surface area contributed by atoms with Crippen LogP contribution >= 0.6 is 0 Å². The number of alkyl carbamates (subject to hydrolysis) is 1. The first-order chi connectivity index (χ1) is 16.2. The van der Waals surface area contributed by atoms with E-state index in [2.05, 4.69) is 5.32 Å². The van der Waals surface area contributed by atoms with Crippen LogP contribution in [0.4, 0.5) is 4.79 Å². The quantitative estimate of drug-likeness (QED) is 0.317. The summed E-state index contributed by atoms with van der Waals surface area (Å²) in [5, 5.41) is 22.9. The molecule has 2 amide bonds. The van der Waals surface area contributed by atoms with Crippen molar-refractivity contribution in [3.05, 3.63) is 59.7 Å². The first kappa shape index (κ1) is 24.7. The molecule has 10 heteroatoms. The highest BCUT2D eigenvalue weighted by Crippen LogP contribution is 2.44. The van der Waals surface area contributed by atoms with Gasteiger partial charge < -0.3 is 25.0 Å². The van der Waals surface area contributed by atoms with Gasteiger partial charge in [0.2, 0.25) is 6.04 Å². The minimum atomic E-state index is -1.86. The summed E-state index contributed by atoms with van der Waals surface area (Å²) in [5.41, 5.74) is 4.04. The van der Waals surface area contributed by atoms with Crippen LogP contribution in [0.2, 0.25) is 0 Å². The molecule has 0 radical (unpaired) electrons. The molecule has 0 fully saturated rings. The molecule has 0 bridgehead atoms. The minimum Gasteiger partial charge on any atom is -0.480 e. The molecule has 3 rings (SSSR count). The topological polar surface area (TPSA) is 151 Å². The van der Waals surface area contributed by atoms with Gasteiger partial charge in [-0.15, -0.1) is 0 Å². The molecule has 0 saturated carbocycles. The Bertz CT molecular complexity index is 1040. The Kier molecular flexibility index (Phi) is 7.85. The Morgan fingerprint density at radius 3 is 2.00 bits per heavy atom. The number of carbonyl (C=O) groups excluding carboxylic acids is 3. The lowest BCUT2D eigenvalue weighted by Crippen LogP contribution is -2.57. The maximum atomic E-state index is 12.5. The lowest BCUT2D eigenvalue weighted by molar-refractivity contribution is -0.152. The van der Waals surface area contributed by atoms with Crippen molar-refractivity contribution in [1.29, 1.82) is 0 Å². The summed E-state index contributed by atoms with van der Waals surface area (Å²) in [4.78, 5) is 48.6. The third kappa shape index (κ3) is 5.34. The summed E-state index contributed by atoms with van der Waals surface area (Å²) < 4.78 is 10.2. The third-order valence-corrected chi connectivity index (χ3v) is 5.44. The van der Waals surface area contributed by atoms with Crippen LogP contribution in [0.5, 0.6) is 0 Å². The van der Waals surface area contributed by atoms with E-state index in [1.54, 1.807) is 0 Å². The smallest absolute Gasteiger partial charge is 0.408 e. The van der Waals surface area contributed by atoms with E-state index in [1.165, 1.54) is 6.92 Å². The molecular weight excluding hydrogens is 444 g/mol. The van der Waals surface area contributed by atoms with Gasteiger partial charge in [0.05, 0.1) is 12.7 Å². The number of hydrogen-bond donors (Lipinski definition) is 4. The van der Waals surface area contributed by atoms with Crippen molar-refractivity contribution in [1.82, 2.24) is 10.6 Å². The molecule has 180 valence electrons. The van der Waals surface area contributed by atoms with Gasteiger partial charge in [0.15, 0.2) is 6.04 Å². The maximum Gasteiger partial charge on any atom is 0.408 e. The number of carbonyl (C=O) groups is 4. The molecule has 2 aromatic carbocycles. The molecule has 0 saturated heterocycles. The fourth-order valence-electron chi connectivity index (χ4n) is 3.84. The SMILES string of the molecule is CCOC(=O)C(NC(=O)OCC1c2ccccc2-c2ccccc21)C(=O)N[C@H](C(=O)O)[C@@H](C)O. The first-order valence-electron chi connectivity index (χ1n) is 10.7. The Hall–Kier alpha value is -3.92. The molecule has 1 aliphatic carbocycles. The van der Waals surface area contributed by atoms with Crippen molar-refractivity contribution in [2.75, 3.05) is 13.2 Å². The Morgan fingerprint density at radius 2 is 1.50 bits per heavy atom. The Balaban J connectivity index is 1.71. The second-order valence-corrected chi connectivity index (χ2v) is 7.72. The number of carboxylic acids is 1. The molecule has 2 aromatic rings. The fourth-order valence-corrected chi connectivity index (χ4v) is 3.84. The fraction of sp³-hybridized carbons (Fsp3) is 0.333. The molecule has 4 N–H and O–H groups in total. The molecule has 1 unspecified atom stereocenters. The van der Waals surface area contributed by atoms with Gasteiger partial charge in [-0.2, -0.15) is 0 Å². The number of amides is 2. The number of aliphatic carboxylic acids is 1. The van der Waals surface area contributed by atoms with E-state index in [1.807, 2.05) is 53.8 Å². The summed E-state index contributed by atoms with van der Waals surface area (Å²) in [5.74, 6) is -3.99. The summed E-state index contributed by atoms with van der Waals surface area (Å²) in [6.07, 6.45) is -2.50. The Labute approximate surface area is 195 Å². The van der Waals surface area contributed by atoms with Crippen LogP contribution in [0.1, 0.15) is 30.9 Å². The highest BCUT2D eigenvalue weighted by atomic mass is 16.6. The van der Waals surface area contributed by atoms with Crippen LogP contribution in [-0.2, 0) is 23.9 Å². The third-order valence-electron chi connectivity index (χ3n) is 5.44. The average molecular weight is 470 g/mol. The average Bonchev–Trinajstić information content (AvgIpc) is 3.13. The summed E-state index contributed by atoms with van der Waals surface area (Å²) in [7, 11) is 0. The van der Waals surface area contributed by atoms with Gasteiger partial charge in [-0.25, -0.2) is 14.4 Å². The van der Waals surface area contributed by atoms with Crippen molar-refractivity contribution in [2.45, 2.75) is 38.0 Å². The number of esters is 1. The normalized spacial score (nSPS) is 14.7. The van der Waals surface area contributed by atoms with Gasteiger partial charge in [-0.3, -0.25) is 10.1 Å². The molecule has 10 nitrogen and oxygen atoms in total. The first-order valence-corrected chi connectivity index (χ1v) is 10.7. The molecule has 3 atom stereocenters. The lowest BCUT2D eigenvalue weighted by atomic mass is 9.98. The number of aliphatic hydroxyl groups excluding tert-OH is 1. The van der Waals surface area contributed by atoms with Gasteiger partial charge in [0.1, 0.15) is 6.61 Å². The van der Waals surface area contributed by atoms with E-state index in [-0.39, 0.29) is 19.1 Å². The predicted molar refractivity (Wildman–Crippen MR) is 120 cm³/mol. The van der Waals surface area contributed by atoms with Crippen molar-refractivity contribution < 1.29 is 38.9 Å². The minimum absolute atomic E-state index is 0.0531. The summed E-state index contributed by atoms with van der Waals surface area (Å²) in [6, 6.07) is 11.9. The van der Waals surface area contributed by atoms with Crippen LogP contribution in [0.3, 0.4) is 0 Å². The second kappa shape index (κ2) is 10.8. The highest BCUT2D eigenvalue weighted by molar-refractivity contribution is 6.05.